The van der Waals surface area contributed by atoms with Gasteiger partial charge in [0.2, 0.25) is 0 Å². The van der Waals surface area contributed by atoms with E-state index in [1.165, 1.54) is 18.4 Å². The van der Waals surface area contributed by atoms with Crippen LogP contribution in [-0.4, -0.2) is 62.9 Å². The lowest BCUT2D eigenvalue weighted by atomic mass is 9.48. The third-order valence-corrected chi connectivity index (χ3v) is 9.91. The van der Waals surface area contributed by atoms with Gasteiger partial charge < -0.3 is 25.3 Å². The van der Waals surface area contributed by atoms with Crippen LogP contribution in [0.25, 0.3) is 10.9 Å². The van der Waals surface area contributed by atoms with Gasteiger partial charge in [0.25, 0.3) is 5.91 Å². The Hall–Kier alpha value is -3.03. The standard InChI is InChI=1S/C29H31N3O4/c33-21-7-6-18-14-22-29(35)10-8-20(31-27(34)19-3-1-2-17-9-12-30-24(17)19)26-28(29,23(18)25(21)36-26)11-13-32(22)15-16-4-5-16/h1-3,6-7,9,12,16,20,22,26,30,33,35H,4-5,8,10-11,13-15H2,(H,31,34)/t20-,22+,26-,28-,29+/m0/s1. The van der Waals surface area contributed by atoms with Crippen molar-refractivity contribution in [1.29, 1.82) is 0 Å². The average molecular weight is 486 g/mol. The first-order chi connectivity index (χ1) is 17.5. The Bertz CT molecular complexity index is 1410. The number of para-hydroxylation sites is 1. The summed E-state index contributed by atoms with van der Waals surface area (Å²) in [6.07, 6.45) is 6.77. The van der Waals surface area contributed by atoms with E-state index in [4.69, 9.17) is 4.74 Å². The zero-order valence-corrected chi connectivity index (χ0v) is 20.2. The first-order valence-corrected chi connectivity index (χ1v) is 13.3. The van der Waals surface area contributed by atoms with E-state index < -0.39 is 17.1 Å². The Kier molecular flexibility index (Phi) is 4.13. The summed E-state index contributed by atoms with van der Waals surface area (Å²) in [7, 11) is 0. The number of rotatable bonds is 4. The first-order valence-electron chi connectivity index (χ1n) is 13.3. The van der Waals surface area contributed by atoms with Crippen molar-refractivity contribution in [2.75, 3.05) is 13.1 Å². The molecule has 0 radical (unpaired) electrons. The molecule has 1 amide bonds. The number of piperidine rings is 1. The molecule has 4 N–H and O–H groups in total. The number of ether oxygens (including phenoxy) is 1. The number of fused-ring (bicyclic) bond motifs is 1. The molecule has 3 aromatic rings. The highest BCUT2D eigenvalue weighted by molar-refractivity contribution is 6.05. The first kappa shape index (κ1) is 21.1. The quantitative estimate of drug-likeness (QED) is 0.455. The van der Waals surface area contributed by atoms with Crippen molar-refractivity contribution in [2.24, 2.45) is 5.92 Å². The number of aliphatic hydroxyl groups is 1. The number of likely N-dealkylation sites (tertiary alicyclic amines) is 1. The van der Waals surface area contributed by atoms with Gasteiger partial charge in [0, 0.05) is 29.7 Å². The van der Waals surface area contributed by atoms with E-state index in [-0.39, 0.29) is 23.7 Å². The Labute approximate surface area is 209 Å². The van der Waals surface area contributed by atoms with Gasteiger partial charge >= 0.3 is 0 Å². The van der Waals surface area contributed by atoms with Crippen molar-refractivity contribution < 1.29 is 19.7 Å². The fraction of sp³-hybridized carbons (Fsp3) is 0.483. The largest absolute Gasteiger partial charge is 0.504 e. The molecule has 2 aromatic carbocycles. The van der Waals surface area contributed by atoms with E-state index in [1.54, 1.807) is 6.07 Å². The third-order valence-electron chi connectivity index (χ3n) is 9.91. The summed E-state index contributed by atoms with van der Waals surface area (Å²) in [5.74, 6) is 1.25. The van der Waals surface area contributed by atoms with Crippen LogP contribution in [0.3, 0.4) is 0 Å². The molecule has 5 atom stereocenters. The van der Waals surface area contributed by atoms with Crippen molar-refractivity contribution in [3.63, 3.8) is 0 Å². The zero-order chi connectivity index (χ0) is 24.2. The van der Waals surface area contributed by atoms with E-state index in [9.17, 15) is 15.0 Å². The van der Waals surface area contributed by atoms with Crippen LogP contribution >= 0.6 is 0 Å². The minimum absolute atomic E-state index is 0.0326. The molecule has 0 unspecified atom stereocenters. The number of nitrogens with one attached hydrogen (secondary N) is 2. The number of aromatic amines is 1. The SMILES string of the molecule is O=C(N[C@H]1CC[C@@]2(O)[C@H]3Cc4ccc(O)c5c4[C@@]2(CCN3CC2CC2)[C@H]1O5)c1cccc2cc[nH]c12. The van der Waals surface area contributed by atoms with Crippen molar-refractivity contribution in [2.45, 2.75) is 67.7 Å². The molecule has 7 heteroatoms. The molecule has 3 heterocycles. The van der Waals surface area contributed by atoms with Crippen LogP contribution in [0.15, 0.2) is 42.6 Å². The molecular weight excluding hydrogens is 454 g/mol. The molecule has 8 rings (SSSR count). The van der Waals surface area contributed by atoms with Crippen LogP contribution in [-0.2, 0) is 11.8 Å². The molecule has 186 valence electrons. The lowest BCUT2D eigenvalue weighted by molar-refractivity contribution is -0.191. The Balaban J connectivity index is 1.20. The van der Waals surface area contributed by atoms with Gasteiger partial charge in [-0.2, -0.15) is 0 Å². The number of hydrogen-bond acceptors (Lipinski definition) is 5. The topological polar surface area (TPSA) is 97.8 Å². The molecular formula is C29H31N3O4. The van der Waals surface area contributed by atoms with Gasteiger partial charge in [-0.25, -0.2) is 0 Å². The average Bonchev–Trinajstić information content (AvgIpc) is 3.41. The molecule has 1 spiro atoms. The minimum atomic E-state index is -0.947. The van der Waals surface area contributed by atoms with E-state index in [1.807, 2.05) is 36.5 Å². The molecule has 3 aliphatic carbocycles. The summed E-state index contributed by atoms with van der Waals surface area (Å²) in [5.41, 5.74) is 2.01. The highest BCUT2D eigenvalue weighted by Gasteiger charge is 2.73. The monoisotopic (exact) mass is 485 g/mol. The number of amides is 1. The fourth-order valence-corrected chi connectivity index (χ4v) is 8.15. The summed E-state index contributed by atoms with van der Waals surface area (Å²) in [6, 6.07) is 11.2. The van der Waals surface area contributed by atoms with E-state index >= 15 is 0 Å². The number of phenols is 1. The molecule has 7 nitrogen and oxygen atoms in total. The van der Waals surface area contributed by atoms with Gasteiger partial charge in [-0.05, 0) is 74.8 Å². The maximum Gasteiger partial charge on any atom is 0.253 e. The minimum Gasteiger partial charge on any atom is -0.504 e. The number of carbonyl (C=O) groups is 1. The second kappa shape index (κ2) is 7.05. The van der Waals surface area contributed by atoms with Crippen molar-refractivity contribution >= 4 is 16.8 Å². The second-order valence-electron chi connectivity index (χ2n) is 11.7. The second-order valence-corrected chi connectivity index (χ2v) is 11.7. The summed E-state index contributed by atoms with van der Waals surface area (Å²) >= 11 is 0. The summed E-state index contributed by atoms with van der Waals surface area (Å²) < 4.78 is 6.57. The van der Waals surface area contributed by atoms with Crippen LogP contribution in [0.4, 0.5) is 0 Å². The maximum absolute atomic E-state index is 13.5. The zero-order valence-electron chi connectivity index (χ0n) is 20.2. The molecule has 36 heavy (non-hydrogen) atoms. The van der Waals surface area contributed by atoms with E-state index in [0.717, 1.165) is 48.3 Å². The van der Waals surface area contributed by atoms with E-state index in [0.29, 0.717) is 24.2 Å². The van der Waals surface area contributed by atoms with Gasteiger partial charge in [-0.1, -0.05) is 18.2 Å². The van der Waals surface area contributed by atoms with Gasteiger partial charge in [-0.15, -0.1) is 0 Å². The predicted molar refractivity (Wildman–Crippen MR) is 134 cm³/mol. The van der Waals surface area contributed by atoms with Crippen LogP contribution < -0.4 is 10.1 Å². The van der Waals surface area contributed by atoms with Crippen molar-refractivity contribution in [3.8, 4) is 11.5 Å². The van der Waals surface area contributed by atoms with Gasteiger partial charge in [0.05, 0.1) is 28.1 Å². The van der Waals surface area contributed by atoms with Crippen molar-refractivity contribution in [1.82, 2.24) is 15.2 Å². The highest BCUT2D eigenvalue weighted by atomic mass is 16.5. The van der Waals surface area contributed by atoms with Gasteiger partial charge in [0.1, 0.15) is 6.10 Å². The molecule has 2 aliphatic heterocycles. The Morgan fingerprint density at radius 1 is 1.17 bits per heavy atom. The molecule has 1 aromatic heterocycles. The number of aromatic nitrogens is 1. The molecule has 3 fully saturated rings. The predicted octanol–water partition coefficient (Wildman–Crippen LogP) is 3.24. The Morgan fingerprint density at radius 3 is 2.92 bits per heavy atom. The van der Waals surface area contributed by atoms with Gasteiger partial charge in [0.15, 0.2) is 11.5 Å². The molecule has 5 aliphatic rings. The van der Waals surface area contributed by atoms with Crippen LogP contribution in [0.1, 0.15) is 53.6 Å². The number of hydrogen-bond donors (Lipinski definition) is 4. The smallest absolute Gasteiger partial charge is 0.253 e. The van der Waals surface area contributed by atoms with Gasteiger partial charge in [-0.3, -0.25) is 9.69 Å². The number of aromatic hydroxyl groups is 1. The molecule has 2 saturated carbocycles. The van der Waals surface area contributed by atoms with E-state index in [2.05, 4.69) is 15.2 Å². The molecule has 2 bridgehead atoms. The summed E-state index contributed by atoms with van der Waals surface area (Å²) in [6.45, 7) is 1.95. The molecule has 1 saturated heterocycles. The number of H-pyrrole nitrogens is 1. The lowest BCUT2D eigenvalue weighted by Gasteiger charge is -2.64. The fourth-order valence-electron chi connectivity index (χ4n) is 8.15. The van der Waals surface area contributed by atoms with Crippen LogP contribution in [0, 0.1) is 5.92 Å². The summed E-state index contributed by atoms with van der Waals surface area (Å²) in [4.78, 5) is 19.3. The number of nitrogens with zero attached hydrogens (tertiary/aromatic N) is 1. The number of benzene rings is 2. The normalized spacial score (nSPS) is 34.3. The van der Waals surface area contributed by atoms with Crippen molar-refractivity contribution in [3.05, 3.63) is 59.3 Å². The maximum atomic E-state index is 13.5. The third kappa shape index (κ3) is 2.57. The number of carbonyl (C=O) groups excluding carboxylic acids is 1. The number of phenolic OH excluding ortho intramolecular Hbond substituents is 1. The summed E-state index contributed by atoms with van der Waals surface area (Å²) in [5, 5.41) is 27.7. The lowest BCUT2D eigenvalue weighted by Crippen LogP contribution is -2.78. The highest BCUT2D eigenvalue weighted by Crippen LogP contribution is 2.65. The van der Waals surface area contributed by atoms with Crippen LogP contribution in [0.5, 0.6) is 11.5 Å². The Morgan fingerprint density at radius 2 is 2.06 bits per heavy atom. The van der Waals surface area contributed by atoms with Crippen LogP contribution in [0.2, 0.25) is 0 Å².